The average Bonchev–Trinajstić information content (AvgIpc) is 2.71. The monoisotopic (exact) mass is 253 g/mol. The molecule has 5 heteroatoms. The molecule has 5 nitrogen and oxygen atoms in total. The molecule has 2 aliphatic rings. The molecule has 0 radical (unpaired) electrons. The molecule has 2 aliphatic heterocycles. The number of carbonyl (C=O) groups is 2. The Hall–Kier alpha value is -1.10. The summed E-state index contributed by atoms with van der Waals surface area (Å²) in [5.74, 6) is 0.102. The Bertz CT molecular complexity index is 335. The van der Waals surface area contributed by atoms with Crippen LogP contribution in [-0.2, 0) is 9.59 Å². The predicted octanol–water partition coefficient (Wildman–Crippen LogP) is 0.193. The van der Waals surface area contributed by atoms with E-state index in [1.807, 2.05) is 18.7 Å². The number of nitrogens with two attached hydrogens (primary N) is 1. The fourth-order valence-corrected chi connectivity index (χ4v) is 2.77. The zero-order valence-corrected chi connectivity index (χ0v) is 11.3. The van der Waals surface area contributed by atoms with E-state index in [1.165, 1.54) is 0 Å². The molecule has 0 aromatic carbocycles. The van der Waals surface area contributed by atoms with Gasteiger partial charge >= 0.3 is 0 Å². The molecule has 0 spiro atoms. The van der Waals surface area contributed by atoms with Crippen LogP contribution in [0.3, 0.4) is 0 Å². The molecule has 0 aromatic heterocycles. The second-order valence-electron chi connectivity index (χ2n) is 5.70. The van der Waals surface area contributed by atoms with Crippen molar-refractivity contribution in [3.63, 3.8) is 0 Å². The number of amides is 2. The topological polar surface area (TPSA) is 66.6 Å². The van der Waals surface area contributed by atoms with Gasteiger partial charge in [-0.25, -0.2) is 0 Å². The third kappa shape index (κ3) is 2.66. The normalized spacial score (nSPS) is 26.2. The van der Waals surface area contributed by atoms with Crippen molar-refractivity contribution in [1.29, 1.82) is 0 Å². The number of likely N-dealkylation sites (tertiary alicyclic amines) is 2. The summed E-state index contributed by atoms with van der Waals surface area (Å²) in [5.41, 5.74) is 5.83. The van der Waals surface area contributed by atoms with Crippen LogP contribution in [-0.4, -0.2) is 53.3 Å². The van der Waals surface area contributed by atoms with Crippen LogP contribution in [0, 0.1) is 5.92 Å². The molecule has 1 atom stereocenters. The maximum atomic E-state index is 12.3. The zero-order valence-electron chi connectivity index (χ0n) is 11.3. The van der Waals surface area contributed by atoms with Crippen LogP contribution < -0.4 is 5.73 Å². The van der Waals surface area contributed by atoms with Gasteiger partial charge < -0.3 is 15.5 Å². The molecule has 2 N–H and O–H groups in total. The number of piperidine rings is 1. The van der Waals surface area contributed by atoms with E-state index in [1.54, 1.807) is 4.90 Å². The fourth-order valence-electron chi connectivity index (χ4n) is 2.77. The molecule has 1 unspecified atom stereocenters. The summed E-state index contributed by atoms with van der Waals surface area (Å²) in [6.45, 7) is 6.05. The highest BCUT2D eigenvalue weighted by atomic mass is 16.2. The van der Waals surface area contributed by atoms with Crippen LogP contribution in [0.25, 0.3) is 0 Å². The van der Waals surface area contributed by atoms with Gasteiger partial charge in [0.2, 0.25) is 11.8 Å². The summed E-state index contributed by atoms with van der Waals surface area (Å²) < 4.78 is 0. The highest BCUT2D eigenvalue weighted by molar-refractivity contribution is 5.89. The lowest BCUT2D eigenvalue weighted by atomic mass is 10.0. The van der Waals surface area contributed by atoms with Crippen LogP contribution in [0.1, 0.15) is 33.1 Å². The molecule has 0 saturated carbocycles. The maximum absolute atomic E-state index is 12.3. The van der Waals surface area contributed by atoms with Crippen molar-refractivity contribution in [3.8, 4) is 0 Å². The largest absolute Gasteiger partial charge is 0.342 e. The van der Waals surface area contributed by atoms with Crippen molar-refractivity contribution >= 4 is 11.8 Å². The number of rotatable bonds is 2. The van der Waals surface area contributed by atoms with Gasteiger partial charge in [0.25, 0.3) is 0 Å². The molecule has 18 heavy (non-hydrogen) atoms. The van der Waals surface area contributed by atoms with Crippen LogP contribution in [0.15, 0.2) is 0 Å². The van der Waals surface area contributed by atoms with Crippen molar-refractivity contribution in [2.75, 3.05) is 19.6 Å². The third-order valence-electron chi connectivity index (χ3n) is 3.98. The minimum absolute atomic E-state index is 0.108. The molecule has 102 valence electrons. The predicted molar refractivity (Wildman–Crippen MR) is 68.7 cm³/mol. The second-order valence-corrected chi connectivity index (χ2v) is 5.70. The van der Waals surface area contributed by atoms with Crippen molar-refractivity contribution in [1.82, 2.24) is 9.80 Å². The molecule has 2 amide bonds. The van der Waals surface area contributed by atoms with Crippen molar-refractivity contribution in [2.45, 2.75) is 45.2 Å². The summed E-state index contributed by atoms with van der Waals surface area (Å²) >= 11 is 0. The van der Waals surface area contributed by atoms with Gasteiger partial charge in [-0.05, 0) is 26.7 Å². The van der Waals surface area contributed by atoms with Crippen LogP contribution in [0.5, 0.6) is 0 Å². The lowest BCUT2D eigenvalue weighted by Gasteiger charge is -2.32. The SMILES string of the molecule is CC(C)N1CC(C(=O)N2CCC(N)CC2)CC1=O. The van der Waals surface area contributed by atoms with E-state index in [4.69, 9.17) is 5.73 Å². The number of hydrogen-bond acceptors (Lipinski definition) is 3. The standard InChI is InChI=1S/C13H23N3O2/c1-9(2)16-8-10(7-12(16)17)13(18)15-5-3-11(14)4-6-15/h9-11H,3-8,14H2,1-2H3. The summed E-state index contributed by atoms with van der Waals surface area (Å²) in [5, 5.41) is 0. The lowest BCUT2D eigenvalue weighted by Crippen LogP contribution is -2.45. The molecule has 2 rings (SSSR count). The molecule has 2 fully saturated rings. The van der Waals surface area contributed by atoms with E-state index >= 15 is 0 Å². The molecular weight excluding hydrogens is 230 g/mol. The van der Waals surface area contributed by atoms with Gasteiger partial charge in [-0.2, -0.15) is 0 Å². The zero-order chi connectivity index (χ0) is 13.3. The summed E-state index contributed by atoms with van der Waals surface area (Å²) in [4.78, 5) is 27.8. The number of hydrogen-bond donors (Lipinski definition) is 1. The Kier molecular flexibility index (Phi) is 3.90. The van der Waals surface area contributed by atoms with E-state index in [9.17, 15) is 9.59 Å². The van der Waals surface area contributed by atoms with Crippen molar-refractivity contribution < 1.29 is 9.59 Å². The van der Waals surface area contributed by atoms with E-state index in [0.29, 0.717) is 13.0 Å². The van der Waals surface area contributed by atoms with Crippen LogP contribution in [0.2, 0.25) is 0 Å². The Labute approximate surface area is 108 Å². The maximum Gasteiger partial charge on any atom is 0.227 e. The van der Waals surface area contributed by atoms with E-state index in [2.05, 4.69) is 0 Å². The number of nitrogens with zero attached hydrogens (tertiary/aromatic N) is 2. The Morgan fingerprint density at radius 2 is 1.94 bits per heavy atom. The summed E-state index contributed by atoms with van der Waals surface area (Å²) in [6.07, 6.45) is 2.13. The minimum atomic E-state index is -0.144. The van der Waals surface area contributed by atoms with Crippen LogP contribution in [0.4, 0.5) is 0 Å². The quantitative estimate of drug-likeness (QED) is 0.764. The molecule has 2 heterocycles. The first-order valence-corrected chi connectivity index (χ1v) is 6.83. The fraction of sp³-hybridized carbons (Fsp3) is 0.846. The summed E-state index contributed by atoms with van der Waals surface area (Å²) in [6, 6.07) is 0.413. The van der Waals surface area contributed by atoms with Gasteiger partial charge in [0, 0.05) is 38.1 Å². The van der Waals surface area contributed by atoms with Gasteiger partial charge in [-0.3, -0.25) is 9.59 Å². The minimum Gasteiger partial charge on any atom is -0.342 e. The van der Waals surface area contributed by atoms with E-state index < -0.39 is 0 Å². The van der Waals surface area contributed by atoms with Gasteiger partial charge in [0.1, 0.15) is 0 Å². The molecule has 0 aromatic rings. The highest BCUT2D eigenvalue weighted by Crippen LogP contribution is 2.23. The second kappa shape index (κ2) is 5.26. The third-order valence-corrected chi connectivity index (χ3v) is 3.98. The Balaban J connectivity index is 1.93. The van der Waals surface area contributed by atoms with Gasteiger partial charge in [0.15, 0.2) is 0 Å². The first-order chi connectivity index (χ1) is 8.49. The first-order valence-electron chi connectivity index (χ1n) is 6.83. The van der Waals surface area contributed by atoms with Gasteiger partial charge in [-0.15, -0.1) is 0 Å². The first kappa shape index (κ1) is 13.3. The lowest BCUT2D eigenvalue weighted by molar-refractivity contribution is -0.136. The molecule has 0 bridgehead atoms. The van der Waals surface area contributed by atoms with Crippen molar-refractivity contribution in [3.05, 3.63) is 0 Å². The number of carbonyl (C=O) groups excluding carboxylic acids is 2. The molecule has 0 aliphatic carbocycles. The van der Waals surface area contributed by atoms with E-state index in [0.717, 1.165) is 25.9 Å². The van der Waals surface area contributed by atoms with Gasteiger partial charge in [-0.1, -0.05) is 0 Å². The Morgan fingerprint density at radius 3 is 2.44 bits per heavy atom. The smallest absolute Gasteiger partial charge is 0.227 e. The molecule has 2 saturated heterocycles. The van der Waals surface area contributed by atoms with Crippen molar-refractivity contribution in [2.24, 2.45) is 11.7 Å². The average molecular weight is 253 g/mol. The Morgan fingerprint density at radius 1 is 1.33 bits per heavy atom. The van der Waals surface area contributed by atoms with Crippen LogP contribution >= 0.6 is 0 Å². The van der Waals surface area contributed by atoms with Gasteiger partial charge in [0.05, 0.1) is 5.92 Å². The van der Waals surface area contributed by atoms with E-state index in [-0.39, 0.29) is 29.8 Å². The highest BCUT2D eigenvalue weighted by Gasteiger charge is 2.37. The summed E-state index contributed by atoms with van der Waals surface area (Å²) in [7, 11) is 0. The molecular formula is C13H23N3O2.